The van der Waals surface area contributed by atoms with Crippen LogP contribution in [0.25, 0.3) is 0 Å². The van der Waals surface area contributed by atoms with E-state index in [1.54, 1.807) is 0 Å². The first-order chi connectivity index (χ1) is 10.7. The van der Waals surface area contributed by atoms with E-state index in [2.05, 4.69) is 20.8 Å². The summed E-state index contributed by atoms with van der Waals surface area (Å²) in [6.45, 7) is 12.4. The monoisotopic (exact) mass is 411 g/mol. The van der Waals surface area contributed by atoms with E-state index in [0.29, 0.717) is 0 Å². The summed E-state index contributed by atoms with van der Waals surface area (Å²) < 4.78 is 1.36. The van der Waals surface area contributed by atoms with Gasteiger partial charge in [0.25, 0.3) is 0 Å². The molecule has 0 saturated heterocycles. The molecule has 0 spiro atoms. The fourth-order valence-corrected chi connectivity index (χ4v) is 3.63. The van der Waals surface area contributed by atoms with Crippen molar-refractivity contribution in [3.05, 3.63) is 0 Å². The fourth-order valence-electron chi connectivity index (χ4n) is 3.51. The highest BCUT2D eigenvalue weighted by Crippen LogP contribution is 2.18. The van der Waals surface area contributed by atoms with Gasteiger partial charge in [-0.25, -0.2) is 0 Å². The molecule has 0 aromatic heterocycles. The van der Waals surface area contributed by atoms with Gasteiger partial charge in [0.1, 0.15) is 0 Å². The quantitative estimate of drug-likeness (QED) is 0.194. The van der Waals surface area contributed by atoms with E-state index in [1.165, 1.54) is 108 Å². The largest absolute Gasteiger partial charge is 1.00 e. The second kappa shape index (κ2) is 19.1. The highest BCUT2D eigenvalue weighted by molar-refractivity contribution is 6.17. The van der Waals surface area contributed by atoms with Gasteiger partial charge in [0.05, 0.1) is 26.2 Å². The summed E-state index contributed by atoms with van der Waals surface area (Å²) >= 11 is 6.03. The molecule has 142 valence electrons. The Morgan fingerprint density at radius 2 is 0.870 bits per heavy atom. The molecule has 0 N–H and O–H groups in total. The van der Waals surface area contributed by atoms with Crippen molar-refractivity contribution in [3.8, 4) is 0 Å². The maximum Gasteiger partial charge on any atom is 0.0798 e. The molecule has 0 aromatic carbocycles. The highest BCUT2D eigenvalue weighted by Gasteiger charge is 2.25. The minimum atomic E-state index is 0. The second-order valence-corrected chi connectivity index (χ2v) is 7.48. The van der Waals surface area contributed by atoms with Gasteiger partial charge in [-0.2, -0.15) is 0 Å². The average molecular weight is 413 g/mol. The van der Waals surface area contributed by atoms with E-state index >= 15 is 0 Å². The maximum atomic E-state index is 6.03. The van der Waals surface area contributed by atoms with E-state index in [0.717, 1.165) is 5.88 Å². The minimum Gasteiger partial charge on any atom is -1.00 e. The predicted octanol–water partition coefficient (Wildman–Crippen LogP) is 3.79. The standard InChI is InChI=1S/C20H43ClN.BrH/c1-4-7-10-13-18-22(20-15-16-21,17-12-9-6-3)19-14-11-8-5-2;/h4-20H2,1-3H3;1H/q+1;/p-1. The Balaban J connectivity index is 0. The molecule has 3 heteroatoms. The molecular weight excluding hydrogens is 370 g/mol. The Hall–Kier alpha value is 0.730. The smallest absolute Gasteiger partial charge is 0.0798 e. The predicted molar refractivity (Wildman–Crippen MR) is 103 cm³/mol. The summed E-state index contributed by atoms with van der Waals surface area (Å²) in [5, 5.41) is 0. The van der Waals surface area contributed by atoms with Gasteiger partial charge in [-0.3, -0.25) is 0 Å². The van der Waals surface area contributed by atoms with Gasteiger partial charge in [-0.1, -0.05) is 52.9 Å². The van der Waals surface area contributed by atoms with Crippen molar-refractivity contribution >= 4 is 11.6 Å². The molecule has 0 bridgehead atoms. The normalized spacial score (nSPS) is 11.5. The third-order valence-corrected chi connectivity index (χ3v) is 5.24. The first kappa shape index (κ1) is 26.0. The van der Waals surface area contributed by atoms with Crippen molar-refractivity contribution in [1.29, 1.82) is 0 Å². The Morgan fingerprint density at radius 3 is 1.26 bits per heavy atom. The molecule has 0 atom stereocenters. The van der Waals surface area contributed by atoms with Crippen LogP contribution < -0.4 is 17.0 Å². The van der Waals surface area contributed by atoms with Gasteiger partial charge in [-0.05, 0) is 38.5 Å². The molecule has 0 saturated carbocycles. The van der Waals surface area contributed by atoms with Crippen molar-refractivity contribution in [2.45, 2.75) is 97.8 Å². The van der Waals surface area contributed by atoms with Gasteiger partial charge in [0, 0.05) is 12.3 Å². The number of hydrogen-bond donors (Lipinski definition) is 0. The van der Waals surface area contributed by atoms with Crippen LogP contribution in [0.3, 0.4) is 0 Å². The zero-order valence-electron chi connectivity index (χ0n) is 16.2. The van der Waals surface area contributed by atoms with Crippen LogP contribution in [0, 0.1) is 0 Å². The van der Waals surface area contributed by atoms with Crippen molar-refractivity contribution < 1.29 is 21.5 Å². The SMILES string of the molecule is CCCCCC[N+](CCCCl)(CCCCC)CCCCCC.[Br-]. The molecule has 0 fully saturated rings. The van der Waals surface area contributed by atoms with Crippen molar-refractivity contribution in [2.24, 2.45) is 0 Å². The molecule has 1 nitrogen and oxygen atoms in total. The number of unbranched alkanes of at least 4 members (excludes halogenated alkanes) is 8. The number of rotatable bonds is 17. The van der Waals surface area contributed by atoms with Crippen molar-refractivity contribution in [3.63, 3.8) is 0 Å². The third-order valence-electron chi connectivity index (χ3n) is 4.97. The molecule has 0 rings (SSSR count). The first-order valence-electron chi connectivity index (χ1n) is 10.2. The fraction of sp³-hybridized carbons (Fsp3) is 1.00. The molecular formula is C20H43BrClN. The molecule has 0 aliphatic rings. The molecule has 0 amide bonds. The molecule has 23 heavy (non-hydrogen) atoms. The summed E-state index contributed by atoms with van der Waals surface area (Å²) in [4.78, 5) is 0. The van der Waals surface area contributed by atoms with Gasteiger partial charge < -0.3 is 21.5 Å². The van der Waals surface area contributed by atoms with Crippen LogP contribution in [0.5, 0.6) is 0 Å². The van der Waals surface area contributed by atoms with E-state index < -0.39 is 0 Å². The van der Waals surface area contributed by atoms with E-state index in [9.17, 15) is 0 Å². The molecule has 0 aromatic rings. The van der Waals surface area contributed by atoms with Crippen molar-refractivity contribution in [2.75, 3.05) is 32.1 Å². The van der Waals surface area contributed by atoms with Gasteiger partial charge in [0.2, 0.25) is 0 Å². The number of nitrogens with zero attached hydrogens (tertiary/aromatic N) is 1. The highest BCUT2D eigenvalue weighted by atomic mass is 79.9. The lowest BCUT2D eigenvalue weighted by Gasteiger charge is -2.39. The number of quaternary nitrogens is 1. The number of hydrogen-bond acceptors (Lipinski definition) is 0. The summed E-state index contributed by atoms with van der Waals surface area (Å²) in [6, 6.07) is 0. The Bertz CT molecular complexity index is 212. The van der Waals surface area contributed by atoms with Gasteiger partial charge in [0.15, 0.2) is 0 Å². The summed E-state index contributed by atoms with van der Waals surface area (Å²) in [6.07, 6.45) is 16.5. The summed E-state index contributed by atoms with van der Waals surface area (Å²) in [5.74, 6) is 0.831. The van der Waals surface area contributed by atoms with Crippen LogP contribution >= 0.6 is 11.6 Å². The molecule has 0 aliphatic carbocycles. The lowest BCUT2D eigenvalue weighted by Crippen LogP contribution is -3.00. The Kier molecular flexibility index (Phi) is 21.5. The Morgan fingerprint density at radius 1 is 0.522 bits per heavy atom. The van der Waals surface area contributed by atoms with Gasteiger partial charge >= 0.3 is 0 Å². The lowest BCUT2D eigenvalue weighted by molar-refractivity contribution is -0.928. The summed E-state index contributed by atoms with van der Waals surface area (Å²) in [5.41, 5.74) is 0. The van der Waals surface area contributed by atoms with Crippen LogP contribution in [0.4, 0.5) is 0 Å². The van der Waals surface area contributed by atoms with Crippen LogP contribution in [0.2, 0.25) is 0 Å². The van der Waals surface area contributed by atoms with E-state index in [-0.39, 0.29) is 17.0 Å². The zero-order chi connectivity index (χ0) is 16.5. The molecule has 0 aliphatic heterocycles. The average Bonchev–Trinajstić information content (AvgIpc) is 2.54. The molecule has 0 unspecified atom stereocenters. The lowest BCUT2D eigenvalue weighted by atomic mass is 10.1. The van der Waals surface area contributed by atoms with Crippen LogP contribution in [-0.2, 0) is 0 Å². The van der Waals surface area contributed by atoms with Crippen molar-refractivity contribution in [1.82, 2.24) is 0 Å². The summed E-state index contributed by atoms with van der Waals surface area (Å²) in [7, 11) is 0. The maximum absolute atomic E-state index is 6.03. The number of alkyl halides is 1. The zero-order valence-corrected chi connectivity index (χ0v) is 18.6. The van der Waals surface area contributed by atoms with E-state index in [1.807, 2.05) is 0 Å². The van der Waals surface area contributed by atoms with Crippen LogP contribution in [-0.4, -0.2) is 36.5 Å². The third kappa shape index (κ3) is 14.8. The van der Waals surface area contributed by atoms with Gasteiger partial charge in [-0.15, -0.1) is 11.6 Å². The van der Waals surface area contributed by atoms with Crippen LogP contribution in [0.15, 0.2) is 0 Å². The first-order valence-corrected chi connectivity index (χ1v) is 10.7. The molecule has 0 heterocycles. The number of halogens is 2. The topological polar surface area (TPSA) is 0 Å². The second-order valence-electron chi connectivity index (χ2n) is 7.11. The molecule has 0 radical (unpaired) electrons. The van der Waals surface area contributed by atoms with Crippen LogP contribution in [0.1, 0.15) is 97.8 Å². The minimum absolute atomic E-state index is 0. The van der Waals surface area contributed by atoms with E-state index in [4.69, 9.17) is 11.6 Å². The Labute approximate surface area is 162 Å².